The summed E-state index contributed by atoms with van der Waals surface area (Å²) >= 11 is 0. The van der Waals surface area contributed by atoms with E-state index in [1.165, 1.54) is 16.7 Å². The van der Waals surface area contributed by atoms with Gasteiger partial charge in [-0.2, -0.15) is 0 Å². The van der Waals surface area contributed by atoms with Crippen LogP contribution in [-0.4, -0.2) is 22.2 Å². The molecule has 0 aliphatic carbocycles. The number of hydrogen-bond donors (Lipinski definition) is 2. The van der Waals surface area contributed by atoms with Crippen LogP contribution in [0.5, 0.6) is 17.2 Å². The van der Waals surface area contributed by atoms with E-state index in [0.717, 1.165) is 47.6 Å². The molecule has 0 aliphatic rings. The van der Waals surface area contributed by atoms with Gasteiger partial charge in [-0.05, 0) is 72.7 Å². The number of benzene rings is 3. The number of aromatic hydroxyl groups is 2. The monoisotopic (exact) mass is 573 g/mol. The lowest BCUT2D eigenvalue weighted by molar-refractivity contribution is 0.246. The van der Waals surface area contributed by atoms with Crippen LogP contribution in [0.25, 0.3) is 0 Å². The average molecular weight is 574 g/mol. The van der Waals surface area contributed by atoms with Crippen LogP contribution in [0.15, 0.2) is 48.5 Å². The largest absolute Gasteiger partial charge is 0.507 e. The van der Waals surface area contributed by atoms with Crippen molar-refractivity contribution in [3.05, 3.63) is 87.5 Å². The van der Waals surface area contributed by atoms with Crippen molar-refractivity contribution in [3.63, 3.8) is 0 Å². The molecule has 0 saturated heterocycles. The quantitative estimate of drug-likeness (QED) is 0.296. The van der Waals surface area contributed by atoms with Gasteiger partial charge < -0.3 is 14.9 Å². The maximum atomic E-state index is 11.3. The van der Waals surface area contributed by atoms with Crippen LogP contribution >= 0.6 is 0 Å². The molecule has 230 valence electrons. The molecule has 0 radical (unpaired) electrons. The summed E-state index contributed by atoms with van der Waals surface area (Å²) in [6.45, 7) is 28.1. The first kappa shape index (κ1) is 33.5. The van der Waals surface area contributed by atoms with Crippen LogP contribution in [0.4, 0.5) is 0 Å². The minimum Gasteiger partial charge on any atom is -0.507 e. The second-order valence-electron chi connectivity index (χ2n) is 16.1. The summed E-state index contributed by atoms with van der Waals surface area (Å²) in [5.74, 6) is 1.66. The van der Waals surface area contributed by atoms with Gasteiger partial charge in [0.05, 0.1) is 7.11 Å². The fourth-order valence-corrected chi connectivity index (χ4v) is 5.53. The minimum absolute atomic E-state index is 0.193. The van der Waals surface area contributed by atoms with Gasteiger partial charge in [-0.25, -0.2) is 0 Å². The molecule has 0 heterocycles. The number of phenols is 2. The standard InChI is InChI=1S/C38H55NO3/c1-35(2,3)29-18-26(19-30(33(29)40)36(4,5)6)23-39(22-25-14-16-28(42-13)17-15-25)24-27-20-31(37(7,8)9)34(41)32(21-27)38(10,11)12/h14-21,40-41H,22-24H2,1-13H3. The summed E-state index contributed by atoms with van der Waals surface area (Å²) in [5.41, 5.74) is 6.70. The molecule has 0 aliphatic heterocycles. The van der Waals surface area contributed by atoms with Gasteiger partial charge in [0.2, 0.25) is 0 Å². The zero-order valence-corrected chi connectivity index (χ0v) is 28.5. The van der Waals surface area contributed by atoms with Gasteiger partial charge >= 0.3 is 0 Å². The molecule has 2 N–H and O–H groups in total. The highest BCUT2D eigenvalue weighted by atomic mass is 16.5. The molecular formula is C38H55NO3. The minimum atomic E-state index is -0.193. The van der Waals surface area contributed by atoms with Crippen molar-refractivity contribution < 1.29 is 14.9 Å². The molecule has 0 spiro atoms. The number of methoxy groups -OCH3 is 1. The molecule has 0 unspecified atom stereocenters. The predicted molar refractivity (Wildman–Crippen MR) is 177 cm³/mol. The Morgan fingerprint density at radius 3 is 1.05 bits per heavy atom. The molecule has 4 heteroatoms. The van der Waals surface area contributed by atoms with Crippen molar-refractivity contribution in [1.29, 1.82) is 0 Å². The Morgan fingerprint density at radius 2 is 0.786 bits per heavy atom. The van der Waals surface area contributed by atoms with Gasteiger partial charge in [-0.1, -0.05) is 119 Å². The van der Waals surface area contributed by atoms with Crippen molar-refractivity contribution in [1.82, 2.24) is 4.90 Å². The number of phenolic OH excluding ortho intramolecular Hbond substituents is 2. The Labute approximate surface area is 255 Å². The van der Waals surface area contributed by atoms with Crippen LogP contribution < -0.4 is 4.74 Å². The Morgan fingerprint density at radius 1 is 0.500 bits per heavy atom. The Hall–Kier alpha value is -2.98. The van der Waals surface area contributed by atoms with Crippen molar-refractivity contribution in [2.24, 2.45) is 0 Å². The van der Waals surface area contributed by atoms with Crippen molar-refractivity contribution in [2.75, 3.05) is 7.11 Å². The van der Waals surface area contributed by atoms with Crippen LogP contribution in [0.2, 0.25) is 0 Å². The second kappa shape index (κ2) is 12.0. The molecule has 0 aromatic heterocycles. The van der Waals surface area contributed by atoms with E-state index in [1.54, 1.807) is 7.11 Å². The SMILES string of the molecule is COc1ccc(CN(Cc2cc(C(C)(C)C)c(O)c(C(C)(C)C)c2)Cc2cc(C(C)(C)C)c(O)c(C(C)(C)C)c2)cc1. The van der Waals surface area contributed by atoms with Crippen LogP contribution in [0.1, 0.15) is 122 Å². The lowest BCUT2D eigenvalue weighted by Crippen LogP contribution is -2.25. The predicted octanol–water partition coefficient (Wildman–Crippen LogP) is 9.50. The molecule has 0 fully saturated rings. The third-order valence-electron chi connectivity index (χ3n) is 7.95. The van der Waals surface area contributed by atoms with E-state index >= 15 is 0 Å². The van der Waals surface area contributed by atoms with E-state index in [4.69, 9.17) is 4.74 Å². The lowest BCUT2D eigenvalue weighted by Gasteiger charge is -2.31. The summed E-state index contributed by atoms with van der Waals surface area (Å²) in [6, 6.07) is 17.0. The first-order valence-electron chi connectivity index (χ1n) is 15.2. The van der Waals surface area contributed by atoms with Gasteiger partial charge in [0.1, 0.15) is 17.2 Å². The van der Waals surface area contributed by atoms with E-state index in [2.05, 4.69) is 124 Å². The van der Waals surface area contributed by atoms with Crippen molar-refractivity contribution in [2.45, 2.75) is 124 Å². The van der Waals surface area contributed by atoms with Gasteiger partial charge in [-0.3, -0.25) is 4.90 Å². The van der Waals surface area contributed by atoms with E-state index in [1.807, 2.05) is 12.1 Å². The van der Waals surface area contributed by atoms with E-state index in [9.17, 15) is 10.2 Å². The van der Waals surface area contributed by atoms with Crippen molar-refractivity contribution in [3.8, 4) is 17.2 Å². The summed E-state index contributed by atoms with van der Waals surface area (Å²) < 4.78 is 5.41. The number of ether oxygens (including phenoxy) is 1. The summed E-state index contributed by atoms with van der Waals surface area (Å²) in [7, 11) is 1.69. The maximum absolute atomic E-state index is 11.3. The summed E-state index contributed by atoms with van der Waals surface area (Å²) in [5, 5.41) is 22.7. The number of nitrogens with zero attached hydrogens (tertiary/aromatic N) is 1. The molecule has 42 heavy (non-hydrogen) atoms. The van der Waals surface area contributed by atoms with Gasteiger partial charge in [0.25, 0.3) is 0 Å². The fraction of sp³-hybridized carbons (Fsp3) is 0.526. The average Bonchev–Trinajstić information content (AvgIpc) is 2.83. The number of rotatable bonds is 7. The molecule has 3 rings (SSSR count). The van der Waals surface area contributed by atoms with Crippen LogP contribution in [0.3, 0.4) is 0 Å². The van der Waals surface area contributed by atoms with Gasteiger partial charge in [0, 0.05) is 19.6 Å². The third-order valence-corrected chi connectivity index (χ3v) is 7.95. The first-order chi connectivity index (χ1) is 19.1. The highest BCUT2D eigenvalue weighted by molar-refractivity contribution is 5.51. The molecule has 0 atom stereocenters. The second-order valence-corrected chi connectivity index (χ2v) is 16.1. The zero-order valence-electron chi connectivity index (χ0n) is 28.5. The molecular weight excluding hydrogens is 518 g/mol. The fourth-order valence-electron chi connectivity index (χ4n) is 5.53. The molecule has 4 nitrogen and oxygen atoms in total. The summed E-state index contributed by atoms with van der Waals surface area (Å²) in [6.07, 6.45) is 0. The molecule has 0 amide bonds. The first-order valence-corrected chi connectivity index (χ1v) is 15.2. The Balaban J connectivity index is 2.16. The highest BCUT2D eigenvalue weighted by Crippen LogP contribution is 2.42. The maximum Gasteiger partial charge on any atom is 0.123 e. The van der Waals surface area contributed by atoms with Crippen LogP contribution in [-0.2, 0) is 41.3 Å². The molecule has 3 aromatic carbocycles. The van der Waals surface area contributed by atoms with E-state index in [0.29, 0.717) is 11.5 Å². The zero-order chi connectivity index (χ0) is 31.8. The Bertz CT molecular complexity index is 1220. The van der Waals surface area contributed by atoms with Crippen molar-refractivity contribution >= 4 is 0 Å². The smallest absolute Gasteiger partial charge is 0.123 e. The van der Waals surface area contributed by atoms with E-state index < -0.39 is 0 Å². The topological polar surface area (TPSA) is 52.9 Å². The summed E-state index contributed by atoms with van der Waals surface area (Å²) in [4.78, 5) is 2.46. The number of hydrogen-bond acceptors (Lipinski definition) is 4. The lowest BCUT2D eigenvalue weighted by atomic mass is 9.78. The van der Waals surface area contributed by atoms with Crippen LogP contribution in [0, 0.1) is 0 Å². The van der Waals surface area contributed by atoms with Gasteiger partial charge in [-0.15, -0.1) is 0 Å². The van der Waals surface area contributed by atoms with Gasteiger partial charge in [0.15, 0.2) is 0 Å². The molecule has 0 saturated carbocycles. The molecule has 0 bridgehead atoms. The third kappa shape index (κ3) is 8.10. The van der Waals surface area contributed by atoms with E-state index in [-0.39, 0.29) is 21.7 Å². The molecule has 3 aromatic rings. The normalized spacial score (nSPS) is 13.1. The highest BCUT2D eigenvalue weighted by Gasteiger charge is 2.29. The Kier molecular flexibility index (Phi) is 9.54.